The van der Waals surface area contributed by atoms with Crippen LogP contribution in [0.4, 0.5) is 8.99 Å². The number of amides is 4. The third-order valence-corrected chi connectivity index (χ3v) is 10.4. The Bertz CT molecular complexity index is 2170. The van der Waals surface area contributed by atoms with Crippen LogP contribution >= 0.6 is 7.70 Å². The molecule has 0 saturated carbocycles. The Kier molecular flexibility index (Phi) is 24.6. The smallest absolute Gasteiger partial charge is 0.459 e. The van der Waals surface area contributed by atoms with Gasteiger partial charge in [-0.3, -0.25) is 4.79 Å². The fourth-order valence-corrected chi connectivity index (χ4v) is 6.95. The number of carbonyl (C=O) groups excluding carboxylic acids is 5. The number of carbonyl (C=O) groups is 5. The van der Waals surface area contributed by atoms with E-state index in [1.807, 2.05) is 80.6 Å². The Labute approximate surface area is 402 Å². The molecule has 0 aliphatic rings. The van der Waals surface area contributed by atoms with E-state index in [9.17, 15) is 28.2 Å². The van der Waals surface area contributed by atoms with Gasteiger partial charge in [-0.25, -0.2) is 9.59 Å². The minimum atomic E-state index is -2.58. The van der Waals surface area contributed by atoms with E-state index in [4.69, 9.17) is 31.4 Å². The van der Waals surface area contributed by atoms with Crippen molar-refractivity contribution in [3.05, 3.63) is 84.4 Å². The molecule has 0 bridgehead atoms. The standard InChI is InChI=1S/C49H70BFN7O9P/c1-33(2)26-29-64-41-24-13-11-20-36(41)37-21-12-14-25-42(37)65-32-43(59)55-38(22-15-16-27-54-48(63)67-49(5,6)7)44(60)56-39(23-17-28-53-47(52)58-68(50)51)45(61)57-40(30-34(3)4)46(62)66-31-35-18-9-8-10-19-35/h8-14,18-21,24-25,33-34,38-40H,15-17,22-23,26-32H2,1-7H3,(H,54,63)(H,55,59)(H,56,60)(H,57,61)(H3,52,53,58)/t38-,39-,40+/m1/s1. The average molecular weight is 962 g/mol. The summed E-state index contributed by atoms with van der Waals surface area (Å²) in [7, 11) is 2.58. The Morgan fingerprint density at radius 1 is 0.691 bits per heavy atom. The number of rotatable bonds is 27. The molecule has 0 aliphatic carbocycles. The molecule has 19 heteroatoms. The number of guanidine groups is 1. The van der Waals surface area contributed by atoms with Crippen molar-refractivity contribution in [2.24, 2.45) is 11.8 Å². The molecule has 0 radical (unpaired) electrons. The van der Waals surface area contributed by atoms with Crippen LogP contribution in [0, 0.1) is 17.2 Å². The molecule has 0 fully saturated rings. The maximum absolute atomic E-state index is 14.3. The number of esters is 1. The molecule has 1 unspecified atom stereocenters. The molecule has 3 rings (SSSR count). The summed E-state index contributed by atoms with van der Waals surface area (Å²) in [4.78, 5) is 67.8. The van der Waals surface area contributed by atoms with Gasteiger partial charge < -0.3 is 24.3 Å². The summed E-state index contributed by atoms with van der Waals surface area (Å²) >= 11 is 0. The number of unbranched alkanes of at least 4 members (excludes halogenated alkanes) is 1. The number of hydrogen-bond donors (Lipinski definition) is 7. The second kappa shape index (κ2) is 29.7. The summed E-state index contributed by atoms with van der Waals surface area (Å²) in [6.07, 6.45) is 1.63. The van der Waals surface area contributed by atoms with Crippen LogP contribution in [0.1, 0.15) is 99.0 Å². The summed E-state index contributed by atoms with van der Waals surface area (Å²) in [6.45, 7) is 13.7. The van der Waals surface area contributed by atoms with Crippen molar-refractivity contribution >= 4 is 50.5 Å². The zero-order valence-corrected chi connectivity index (χ0v) is 41.3. The Balaban J connectivity index is 1.83. The van der Waals surface area contributed by atoms with Crippen LogP contribution in [0.15, 0.2) is 78.9 Å². The first-order valence-electron chi connectivity index (χ1n) is 23.1. The summed E-state index contributed by atoms with van der Waals surface area (Å²) < 4.78 is 36.4. The van der Waals surface area contributed by atoms with Gasteiger partial charge in [-0.15, -0.1) is 0 Å². The molecule has 3 aromatic carbocycles. The van der Waals surface area contributed by atoms with Gasteiger partial charge in [0.1, 0.15) is 23.7 Å². The second-order valence-electron chi connectivity index (χ2n) is 18.1. The number of alkyl carbamates (subject to hydrolysis) is 1. The van der Waals surface area contributed by atoms with Crippen LogP contribution in [0.25, 0.3) is 11.1 Å². The number of nitrogens with one attached hydrogen (secondary N) is 7. The van der Waals surface area contributed by atoms with Crippen LogP contribution in [-0.4, -0.2) is 92.8 Å². The first-order valence-corrected chi connectivity index (χ1v) is 24.4. The molecule has 4 amide bonds. The third kappa shape index (κ3) is 22.6. The normalized spacial score (nSPS) is 12.7. The van der Waals surface area contributed by atoms with Gasteiger partial charge in [0.25, 0.3) is 5.91 Å². The van der Waals surface area contributed by atoms with Crippen molar-refractivity contribution in [1.82, 2.24) is 31.7 Å². The van der Waals surface area contributed by atoms with E-state index in [2.05, 4.69) is 45.5 Å². The molecule has 0 aliphatic heterocycles. The van der Waals surface area contributed by atoms with E-state index >= 15 is 0 Å². The predicted octanol–water partition coefficient (Wildman–Crippen LogP) is 7.36. The van der Waals surface area contributed by atoms with Crippen LogP contribution < -0.4 is 41.1 Å². The fraction of sp³-hybridized carbons (Fsp3) is 0.510. The summed E-state index contributed by atoms with van der Waals surface area (Å²) in [5.41, 5.74) is 1.56. The van der Waals surface area contributed by atoms with E-state index in [1.165, 1.54) is 0 Å². The zero-order valence-electron chi connectivity index (χ0n) is 40.5. The quantitative estimate of drug-likeness (QED) is 0.0100. The van der Waals surface area contributed by atoms with Gasteiger partial charge >= 0.3 is 140 Å². The monoisotopic (exact) mass is 962 g/mol. The van der Waals surface area contributed by atoms with Crippen molar-refractivity contribution in [2.75, 3.05) is 26.3 Å². The molecule has 4 atom stereocenters. The summed E-state index contributed by atoms with van der Waals surface area (Å²) in [6, 6.07) is 20.4. The molecule has 7 N–H and O–H groups in total. The predicted molar refractivity (Wildman–Crippen MR) is 264 cm³/mol. The minimum absolute atomic E-state index is 0.00996. The molecular formula is C49H70BFN7O9P. The number of benzene rings is 3. The Morgan fingerprint density at radius 2 is 1.25 bits per heavy atom. The van der Waals surface area contributed by atoms with Gasteiger partial charge in [0, 0.05) is 17.7 Å². The van der Waals surface area contributed by atoms with Crippen LogP contribution in [0.3, 0.4) is 0 Å². The van der Waals surface area contributed by atoms with Gasteiger partial charge in [0.05, 0.1) is 6.61 Å². The van der Waals surface area contributed by atoms with E-state index in [1.54, 1.807) is 32.9 Å². The molecule has 3 aromatic rings. The Morgan fingerprint density at radius 3 is 1.85 bits per heavy atom. The topological polar surface area (TPSA) is 218 Å². The molecule has 0 heterocycles. The van der Waals surface area contributed by atoms with Gasteiger partial charge in [-0.2, -0.15) is 0 Å². The molecule has 0 aromatic heterocycles. The molecule has 0 saturated heterocycles. The molecule has 16 nitrogen and oxygen atoms in total. The fourth-order valence-electron chi connectivity index (χ4n) is 6.65. The molecule has 68 heavy (non-hydrogen) atoms. The van der Waals surface area contributed by atoms with E-state index in [0.717, 1.165) is 17.5 Å². The minimum Gasteiger partial charge on any atom is -0.459 e. The van der Waals surface area contributed by atoms with E-state index in [-0.39, 0.29) is 57.3 Å². The number of halogens is 1. The summed E-state index contributed by atoms with van der Waals surface area (Å²) in [5, 5.41) is 23.7. The van der Waals surface area contributed by atoms with Crippen molar-refractivity contribution in [2.45, 2.75) is 124 Å². The molecular weight excluding hydrogens is 891 g/mol. The SMILES string of the molecule is B#P(F)NC(=N)NCCC[C@@H](NC(=O)[C@@H](CCCCNC(=O)OC(C)(C)C)NC(=O)COc1ccccc1-c1ccccc1OCCC(C)C)C(=O)N[C@@H](CC(C)C)C(=O)OCc1ccccc1. The number of ether oxygens (including phenoxy) is 4. The maximum atomic E-state index is 14.3. The first kappa shape index (κ1) is 56.3. The first-order chi connectivity index (χ1) is 32.3. The van der Waals surface area contributed by atoms with Gasteiger partial charge in [-0.1, -0.05) is 94.4 Å². The van der Waals surface area contributed by atoms with Gasteiger partial charge in [0.15, 0.2) is 6.61 Å². The number of para-hydroxylation sites is 2. The zero-order chi connectivity index (χ0) is 50.1. The van der Waals surface area contributed by atoms with E-state index in [0.29, 0.717) is 42.4 Å². The van der Waals surface area contributed by atoms with Crippen molar-refractivity contribution in [3.63, 3.8) is 0 Å². The van der Waals surface area contributed by atoms with Crippen molar-refractivity contribution in [1.29, 1.82) is 5.41 Å². The second-order valence-corrected chi connectivity index (χ2v) is 18.9. The van der Waals surface area contributed by atoms with Crippen LogP contribution in [0.5, 0.6) is 11.5 Å². The summed E-state index contributed by atoms with van der Waals surface area (Å²) in [5.74, 6) is -1.47. The van der Waals surface area contributed by atoms with Gasteiger partial charge in [0.2, 0.25) is 0 Å². The molecule has 0 spiro atoms. The third-order valence-electron chi connectivity index (χ3n) is 9.97. The van der Waals surface area contributed by atoms with Crippen LogP contribution in [0.2, 0.25) is 0 Å². The van der Waals surface area contributed by atoms with Crippen molar-refractivity contribution < 1.29 is 47.1 Å². The Hall–Kier alpha value is -6.03. The van der Waals surface area contributed by atoms with Crippen molar-refractivity contribution in [3.8, 4) is 22.6 Å². The van der Waals surface area contributed by atoms with E-state index < -0.39 is 67.8 Å². The number of hydrogen-bond acceptors (Lipinski definition) is 10. The average Bonchev–Trinajstić information content (AvgIpc) is 3.27. The van der Waals surface area contributed by atoms with Gasteiger partial charge in [-0.05, 0) is 69.6 Å². The molecule has 370 valence electrons. The van der Waals surface area contributed by atoms with Crippen LogP contribution in [-0.2, 0) is 35.3 Å².